The quantitative estimate of drug-likeness (QED) is 0.857. The number of nitrogens with zero attached hydrogens (tertiary/aromatic N) is 1. The number of rotatable bonds is 2. The van der Waals surface area contributed by atoms with Gasteiger partial charge in [-0.15, -0.1) is 0 Å². The topological polar surface area (TPSA) is 46.3 Å². The third-order valence-electron chi connectivity index (χ3n) is 2.75. The van der Waals surface area contributed by atoms with Gasteiger partial charge in [0, 0.05) is 17.6 Å². The van der Waals surface area contributed by atoms with Crippen molar-refractivity contribution in [3.05, 3.63) is 58.9 Å². The van der Waals surface area contributed by atoms with Crippen molar-refractivity contribution in [2.75, 3.05) is 17.7 Å². The van der Waals surface area contributed by atoms with E-state index >= 15 is 0 Å². The fourth-order valence-corrected chi connectivity index (χ4v) is 1.87. The van der Waals surface area contributed by atoms with Crippen LogP contribution in [-0.4, -0.2) is 13.0 Å². The van der Waals surface area contributed by atoms with E-state index in [1.807, 2.05) is 0 Å². The van der Waals surface area contributed by atoms with Crippen LogP contribution in [0.5, 0.6) is 0 Å². The molecule has 98 valence electrons. The average molecular weight is 279 g/mol. The predicted molar refractivity (Wildman–Crippen MR) is 75.0 cm³/mol. The normalized spacial score (nSPS) is 10.3. The number of amides is 1. The summed E-state index contributed by atoms with van der Waals surface area (Å²) in [6.07, 6.45) is 0. The molecular weight excluding hydrogens is 267 g/mol. The Morgan fingerprint density at radius 1 is 1.21 bits per heavy atom. The first-order valence-electron chi connectivity index (χ1n) is 5.57. The van der Waals surface area contributed by atoms with E-state index in [1.54, 1.807) is 25.2 Å². The van der Waals surface area contributed by atoms with Crippen molar-refractivity contribution in [1.82, 2.24) is 0 Å². The summed E-state index contributed by atoms with van der Waals surface area (Å²) in [5, 5.41) is 0.489. The summed E-state index contributed by atoms with van der Waals surface area (Å²) in [6.45, 7) is 0. The summed E-state index contributed by atoms with van der Waals surface area (Å²) in [5.41, 5.74) is 7.16. The molecule has 2 N–H and O–H groups in total. The molecule has 0 saturated carbocycles. The van der Waals surface area contributed by atoms with Crippen LogP contribution in [0.4, 0.5) is 15.8 Å². The van der Waals surface area contributed by atoms with Gasteiger partial charge in [-0.2, -0.15) is 0 Å². The Labute approximate surface area is 115 Å². The highest BCUT2D eigenvalue weighted by Gasteiger charge is 2.15. The second kappa shape index (κ2) is 5.28. The van der Waals surface area contributed by atoms with Crippen LogP contribution in [0, 0.1) is 5.82 Å². The summed E-state index contributed by atoms with van der Waals surface area (Å²) >= 11 is 5.89. The Morgan fingerprint density at radius 2 is 1.84 bits per heavy atom. The molecule has 0 aromatic heterocycles. The van der Waals surface area contributed by atoms with Gasteiger partial charge in [-0.1, -0.05) is 11.6 Å². The molecule has 0 spiro atoms. The number of benzene rings is 2. The van der Waals surface area contributed by atoms with Crippen LogP contribution in [-0.2, 0) is 0 Å². The van der Waals surface area contributed by atoms with E-state index in [0.717, 1.165) is 0 Å². The summed E-state index contributed by atoms with van der Waals surface area (Å²) in [5.74, 6) is -0.671. The van der Waals surface area contributed by atoms with Gasteiger partial charge in [0.2, 0.25) is 0 Å². The number of carbonyl (C=O) groups is 1. The first-order chi connectivity index (χ1) is 8.99. The molecular formula is C14H12ClFN2O. The van der Waals surface area contributed by atoms with Gasteiger partial charge >= 0.3 is 0 Å². The molecule has 2 aromatic carbocycles. The molecule has 1 amide bonds. The molecule has 0 unspecified atom stereocenters. The summed E-state index contributed by atoms with van der Waals surface area (Å²) in [4.78, 5) is 13.6. The number of halogens is 2. The van der Waals surface area contributed by atoms with Gasteiger partial charge in [0.15, 0.2) is 0 Å². The highest BCUT2D eigenvalue weighted by molar-refractivity contribution is 6.31. The Morgan fingerprint density at radius 3 is 2.47 bits per heavy atom. The molecule has 0 saturated heterocycles. The van der Waals surface area contributed by atoms with Crippen molar-refractivity contribution in [2.45, 2.75) is 0 Å². The van der Waals surface area contributed by atoms with Gasteiger partial charge < -0.3 is 10.6 Å². The lowest BCUT2D eigenvalue weighted by Gasteiger charge is -2.19. The fourth-order valence-electron chi connectivity index (χ4n) is 1.70. The van der Waals surface area contributed by atoms with Crippen LogP contribution < -0.4 is 10.6 Å². The zero-order valence-corrected chi connectivity index (χ0v) is 11.0. The summed E-state index contributed by atoms with van der Waals surface area (Å²) in [6, 6.07) is 10.2. The minimum Gasteiger partial charge on any atom is -0.397 e. The van der Waals surface area contributed by atoms with Gasteiger partial charge in [-0.05, 0) is 42.5 Å². The number of nitrogens with two attached hydrogens (primary N) is 1. The van der Waals surface area contributed by atoms with Crippen molar-refractivity contribution in [2.24, 2.45) is 0 Å². The lowest BCUT2D eigenvalue weighted by Crippen LogP contribution is -2.27. The molecule has 0 heterocycles. The smallest absolute Gasteiger partial charge is 0.258 e. The van der Waals surface area contributed by atoms with Crippen molar-refractivity contribution in [1.29, 1.82) is 0 Å². The summed E-state index contributed by atoms with van der Waals surface area (Å²) in [7, 11) is 1.59. The third kappa shape index (κ3) is 2.85. The summed E-state index contributed by atoms with van der Waals surface area (Å²) < 4.78 is 12.8. The van der Waals surface area contributed by atoms with Gasteiger partial charge in [0.1, 0.15) is 5.82 Å². The van der Waals surface area contributed by atoms with Crippen molar-refractivity contribution < 1.29 is 9.18 Å². The molecule has 0 aliphatic rings. The first-order valence-corrected chi connectivity index (χ1v) is 5.95. The number of hydrogen-bond acceptors (Lipinski definition) is 2. The standard InChI is InChI=1S/C14H12ClFN2O/c1-18(13-8-10(15)4-7-12(13)17)14(19)9-2-5-11(16)6-3-9/h2-8H,17H2,1H3. The minimum atomic E-state index is -0.388. The van der Waals surface area contributed by atoms with E-state index in [-0.39, 0.29) is 11.7 Å². The van der Waals surface area contributed by atoms with Gasteiger partial charge in [-0.3, -0.25) is 4.79 Å². The molecule has 0 fully saturated rings. The maximum atomic E-state index is 12.8. The molecule has 5 heteroatoms. The largest absolute Gasteiger partial charge is 0.397 e. The van der Waals surface area contributed by atoms with E-state index < -0.39 is 0 Å². The SMILES string of the molecule is CN(C(=O)c1ccc(F)cc1)c1cc(Cl)ccc1N. The monoisotopic (exact) mass is 278 g/mol. The van der Waals surface area contributed by atoms with E-state index in [2.05, 4.69) is 0 Å². The first kappa shape index (κ1) is 13.4. The van der Waals surface area contributed by atoms with Crippen LogP contribution in [0.15, 0.2) is 42.5 Å². The van der Waals surface area contributed by atoms with E-state index in [9.17, 15) is 9.18 Å². The minimum absolute atomic E-state index is 0.283. The van der Waals surface area contributed by atoms with Gasteiger partial charge in [-0.25, -0.2) is 4.39 Å². The molecule has 0 radical (unpaired) electrons. The second-order valence-electron chi connectivity index (χ2n) is 4.07. The van der Waals surface area contributed by atoms with Gasteiger partial charge in [0.05, 0.1) is 11.4 Å². The van der Waals surface area contributed by atoms with Crippen LogP contribution >= 0.6 is 11.6 Å². The maximum Gasteiger partial charge on any atom is 0.258 e. The lowest BCUT2D eigenvalue weighted by atomic mass is 10.1. The molecule has 3 nitrogen and oxygen atoms in total. The number of anilines is 2. The van der Waals surface area contributed by atoms with Crippen molar-refractivity contribution in [3.63, 3.8) is 0 Å². The predicted octanol–water partition coefficient (Wildman–Crippen LogP) is 3.34. The second-order valence-corrected chi connectivity index (χ2v) is 4.51. The molecule has 0 atom stereocenters. The van der Waals surface area contributed by atoms with Crippen LogP contribution in [0.1, 0.15) is 10.4 Å². The Bertz CT molecular complexity index is 613. The molecule has 19 heavy (non-hydrogen) atoms. The zero-order valence-electron chi connectivity index (χ0n) is 10.2. The highest BCUT2D eigenvalue weighted by atomic mass is 35.5. The Balaban J connectivity index is 2.33. The van der Waals surface area contributed by atoms with Gasteiger partial charge in [0.25, 0.3) is 5.91 Å². The van der Waals surface area contributed by atoms with E-state index in [4.69, 9.17) is 17.3 Å². The van der Waals surface area contributed by atoms with Crippen LogP contribution in [0.3, 0.4) is 0 Å². The fraction of sp³-hybridized carbons (Fsp3) is 0.0714. The van der Waals surface area contributed by atoms with Crippen molar-refractivity contribution in [3.8, 4) is 0 Å². The highest BCUT2D eigenvalue weighted by Crippen LogP contribution is 2.27. The molecule has 0 aliphatic heterocycles. The molecule has 0 bridgehead atoms. The average Bonchev–Trinajstić information content (AvgIpc) is 2.41. The molecule has 2 aromatic rings. The van der Waals surface area contributed by atoms with Crippen LogP contribution in [0.2, 0.25) is 5.02 Å². The maximum absolute atomic E-state index is 12.8. The van der Waals surface area contributed by atoms with Crippen LogP contribution in [0.25, 0.3) is 0 Å². The Kier molecular flexibility index (Phi) is 3.71. The molecule has 2 rings (SSSR count). The molecule has 0 aliphatic carbocycles. The van der Waals surface area contributed by atoms with E-state index in [1.165, 1.54) is 29.2 Å². The number of hydrogen-bond donors (Lipinski definition) is 1. The van der Waals surface area contributed by atoms with Crippen molar-refractivity contribution >= 4 is 28.9 Å². The lowest BCUT2D eigenvalue weighted by molar-refractivity contribution is 0.0993. The third-order valence-corrected chi connectivity index (χ3v) is 2.98. The number of nitrogen functional groups attached to an aromatic ring is 1. The Hall–Kier alpha value is -2.07. The zero-order chi connectivity index (χ0) is 14.0. The van der Waals surface area contributed by atoms with E-state index in [0.29, 0.717) is 22.0 Å². The number of carbonyl (C=O) groups excluding carboxylic acids is 1.